The van der Waals surface area contributed by atoms with Crippen molar-refractivity contribution in [3.05, 3.63) is 50.7 Å². The van der Waals surface area contributed by atoms with Gasteiger partial charge >= 0.3 is 5.69 Å². The molecule has 0 amide bonds. The van der Waals surface area contributed by atoms with Crippen molar-refractivity contribution in [3.8, 4) is 5.75 Å². The average molecular weight is 373 g/mol. The number of nitrogens with zero attached hydrogens (tertiary/aromatic N) is 4. The van der Waals surface area contributed by atoms with Gasteiger partial charge in [-0.15, -0.1) is 0 Å². The quantitative estimate of drug-likeness (QED) is 0.687. The summed E-state index contributed by atoms with van der Waals surface area (Å²) < 4.78 is 1.99. The Hall–Kier alpha value is -3.07. The van der Waals surface area contributed by atoms with Gasteiger partial charge in [0.25, 0.3) is 5.56 Å². The summed E-state index contributed by atoms with van der Waals surface area (Å²) in [5.41, 5.74) is 5.22. The van der Waals surface area contributed by atoms with Crippen LogP contribution in [0.4, 0.5) is 11.5 Å². The third-order valence-corrected chi connectivity index (χ3v) is 4.95. The lowest BCUT2D eigenvalue weighted by Crippen LogP contribution is -2.49. The number of carbonyl (C=O) groups is 1. The lowest BCUT2D eigenvalue weighted by Gasteiger charge is -2.36. The minimum atomic E-state index is -0.673. The van der Waals surface area contributed by atoms with E-state index in [2.05, 4.69) is 4.90 Å². The number of nitrogens with two attached hydrogens (primary N) is 1. The molecular weight excluding hydrogens is 350 g/mol. The van der Waals surface area contributed by atoms with Gasteiger partial charge in [0.2, 0.25) is 0 Å². The number of aromatic hydroxyl groups is 1. The number of para-hydroxylation sites is 2. The Balaban J connectivity index is 1.72. The maximum atomic E-state index is 12.7. The highest BCUT2D eigenvalue weighted by Crippen LogP contribution is 2.27. The number of benzene rings is 1. The largest absolute Gasteiger partial charge is 0.506 e. The first-order chi connectivity index (χ1) is 12.8. The van der Waals surface area contributed by atoms with Crippen LogP contribution in [0, 0.1) is 0 Å². The van der Waals surface area contributed by atoms with Crippen molar-refractivity contribution in [2.45, 2.75) is 0 Å². The number of phenols is 1. The van der Waals surface area contributed by atoms with Crippen LogP contribution in [0.1, 0.15) is 10.4 Å². The first-order valence-electron chi connectivity index (χ1n) is 8.65. The van der Waals surface area contributed by atoms with Crippen molar-refractivity contribution in [2.75, 3.05) is 43.4 Å². The summed E-state index contributed by atoms with van der Waals surface area (Å²) in [5, 5.41) is 9.97. The van der Waals surface area contributed by atoms with Crippen LogP contribution < -0.4 is 21.9 Å². The Morgan fingerprint density at radius 3 is 2.33 bits per heavy atom. The number of carbonyl (C=O) groups excluding carboxylic acids is 1. The molecule has 3 N–H and O–H groups in total. The fourth-order valence-electron chi connectivity index (χ4n) is 3.28. The van der Waals surface area contributed by atoms with E-state index in [1.165, 1.54) is 14.1 Å². The van der Waals surface area contributed by atoms with Gasteiger partial charge in [-0.25, -0.2) is 4.79 Å². The molecule has 1 aliphatic rings. The van der Waals surface area contributed by atoms with Gasteiger partial charge < -0.3 is 15.7 Å². The van der Waals surface area contributed by atoms with E-state index in [9.17, 15) is 19.5 Å². The molecule has 0 bridgehead atoms. The first kappa shape index (κ1) is 18.7. The predicted octanol–water partition coefficient (Wildman–Crippen LogP) is -0.623. The second kappa shape index (κ2) is 7.28. The maximum absolute atomic E-state index is 12.7. The molecule has 1 aromatic carbocycles. The van der Waals surface area contributed by atoms with Crippen molar-refractivity contribution in [2.24, 2.45) is 14.1 Å². The van der Waals surface area contributed by atoms with Crippen LogP contribution in [0.2, 0.25) is 0 Å². The fraction of sp³-hybridized carbons (Fsp3) is 0.389. The van der Waals surface area contributed by atoms with Gasteiger partial charge in [0, 0.05) is 40.3 Å². The summed E-state index contributed by atoms with van der Waals surface area (Å²) in [6.45, 7) is 2.54. The zero-order chi connectivity index (χ0) is 19.7. The first-order valence-corrected chi connectivity index (χ1v) is 8.65. The highest BCUT2D eigenvalue weighted by Gasteiger charge is 2.25. The van der Waals surface area contributed by atoms with E-state index in [0.717, 1.165) is 14.8 Å². The zero-order valence-electron chi connectivity index (χ0n) is 15.4. The molecule has 3 rings (SSSR count). The summed E-state index contributed by atoms with van der Waals surface area (Å²) in [4.78, 5) is 40.8. The number of hydrogen-bond donors (Lipinski definition) is 2. The Labute approximate surface area is 155 Å². The minimum Gasteiger partial charge on any atom is -0.506 e. The lowest BCUT2D eigenvalue weighted by atomic mass is 10.1. The number of anilines is 2. The van der Waals surface area contributed by atoms with Gasteiger partial charge in [-0.1, -0.05) is 12.1 Å². The van der Waals surface area contributed by atoms with Crippen LogP contribution in [-0.2, 0) is 14.1 Å². The standard InChI is InChI=1S/C18H23N5O4/c1-20-16(19)15(17(26)21(2)18(20)27)14(25)11-22-7-9-23(10-8-22)12-5-3-4-6-13(12)24/h3-6,24H,7-11,19H2,1-2H3. The molecule has 27 heavy (non-hydrogen) atoms. The molecular formula is C18H23N5O4. The van der Waals surface area contributed by atoms with E-state index in [-0.39, 0.29) is 23.7 Å². The van der Waals surface area contributed by atoms with Gasteiger partial charge in [0.15, 0.2) is 5.78 Å². The topological polar surface area (TPSA) is 114 Å². The molecule has 2 heterocycles. The van der Waals surface area contributed by atoms with Crippen molar-refractivity contribution in [3.63, 3.8) is 0 Å². The summed E-state index contributed by atoms with van der Waals surface area (Å²) in [6, 6.07) is 7.13. The zero-order valence-corrected chi connectivity index (χ0v) is 15.4. The summed E-state index contributed by atoms with van der Waals surface area (Å²) in [7, 11) is 2.75. The van der Waals surface area contributed by atoms with Crippen LogP contribution in [-0.4, -0.2) is 57.6 Å². The van der Waals surface area contributed by atoms with Crippen LogP contribution in [0.15, 0.2) is 33.9 Å². The molecule has 2 aromatic rings. The fourth-order valence-corrected chi connectivity index (χ4v) is 3.28. The number of nitrogen functional groups attached to an aromatic ring is 1. The molecule has 144 valence electrons. The number of Topliss-reactive ketones (excluding diaryl/α,β-unsaturated/α-hetero) is 1. The van der Waals surface area contributed by atoms with Crippen LogP contribution in [0.5, 0.6) is 5.75 Å². The number of hydrogen-bond acceptors (Lipinski definition) is 7. The number of phenolic OH excluding ortho intramolecular Hbond substituents is 1. The molecule has 0 unspecified atom stereocenters. The van der Waals surface area contributed by atoms with E-state index in [0.29, 0.717) is 26.2 Å². The molecule has 9 heteroatoms. The summed E-state index contributed by atoms with van der Waals surface area (Å²) >= 11 is 0. The number of piperazine rings is 1. The number of aromatic nitrogens is 2. The molecule has 0 radical (unpaired) electrons. The lowest BCUT2D eigenvalue weighted by molar-refractivity contribution is 0.0924. The monoisotopic (exact) mass is 373 g/mol. The maximum Gasteiger partial charge on any atom is 0.332 e. The molecule has 0 atom stereocenters. The average Bonchev–Trinajstić information content (AvgIpc) is 2.66. The van der Waals surface area contributed by atoms with Gasteiger partial charge in [-0.05, 0) is 12.1 Å². The SMILES string of the molecule is Cn1c(N)c(C(=O)CN2CCN(c3ccccc3O)CC2)c(=O)n(C)c1=O. The molecule has 1 saturated heterocycles. The van der Waals surface area contributed by atoms with E-state index in [4.69, 9.17) is 5.73 Å². The van der Waals surface area contributed by atoms with Crippen LogP contribution in [0.3, 0.4) is 0 Å². The van der Waals surface area contributed by atoms with E-state index in [1.54, 1.807) is 12.1 Å². The van der Waals surface area contributed by atoms with E-state index in [1.807, 2.05) is 17.0 Å². The normalized spacial score (nSPS) is 15.1. The molecule has 1 fully saturated rings. The number of rotatable bonds is 4. The van der Waals surface area contributed by atoms with Gasteiger partial charge in [0.1, 0.15) is 17.1 Å². The Kier molecular flexibility index (Phi) is 5.04. The molecule has 1 aromatic heterocycles. The third kappa shape index (κ3) is 3.45. The third-order valence-electron chi connectivity index (χ3n) is 4.95. The van der Waals surface area contributed by atoms with E-state index >= 15 is 0 Å². The Morgan fingerprint density at radius 2 is 1.70 bits per heavy atom. The minimum absolute atomic E-state index is 0.0479. The smallest absolute Gasteiger partial charge is 0.332 e. The van der Waals surface area contributed by atoms with Crippen molar-refractivity contribution >= 4 is 17.3 Å². The Morgan fingerprint density at radius 1 is 1.07 bits per heavy atom. The van der Waals surface area contributed by atoms with Gasteiger partial charge in [-0.3, -0.25) is 23.6 Å². The van der Waals surface area contributed by atoms with Crippen molar-refractivity contribution in [1.82, 2.24) is 14.0 Å². The molecule has 0 spiro atoms. The number of ketones is 1. The van der Waals surface area contributed by atoms with Crippen LogP contribution >= 0.6 is 0 Å². The molecule has 0 saturated carbocycles. The Bertz CT molecular complexity index is 986. The van der Waals surface area contributed by atoms with Crippen molar-refractivity contribution < 1.29 is 9.90 Å². The summed E-state index contributed by atoms with van der Waals surface area (Å²) in [6.07, 6.45) is 0. The molecule has 9 nitrogen and oxygen atoms in total. The highest BCUT2D eigenvalue weighted by molar-refractivity contribution is 6.01. The van der Waals surface area contributed by atoms with Crippen LogP contribution in [0.25, 0.3) is 0 Å². The predicted molar refractivity (Wildman–Crippen MR) is 102 cm³/mol. The van der Waals surface area contributed by atoms with E-state index < -0.39 is 17.0 Å². The molecule has 1 aliphatic heterocycles. The summed E-state index contributed by atoms with van der Waals surface area (Å²) in [5.74, 6) is -0.288. The van der Waals surface area contributed by atoms with Crippen molar-refractivity contribution in [1.29, 1.82) is 0 Å². The second-order valence-corrected chi connectivity index (χ2v) is 6.64. The molecule has 0 aliphatic carbocycles. The highest BCUT2D eigenvalue weighted by atomic mass is 16.3. The second-order valence-electron chi connectivity index (χ2n) is 6.64. The van der Waals surface area contributed by atoms with Gasteiger partial charge in [0.05, 0.1) is 12.2 Å². The van der Waals surface area contributed by atoms with Gasteiger partial charge in [-0.2, -0.15) is 0 Å².